The molecule has 0 aliphatic heterocycles. The summed E-state index contributed by atoms with van der Waals surface area (Å²) >= 11 is 1.35. The molecule has 1 aromatic heterocycles. The predicted molar refractivity (Wildman–Crippen MR) is 83.0 cm³/mol. The van der Waals surface area contributed by atoms with Crippen LogP contribution in [-0.4, -0.2) is 38.5 Å². The number of thiazole rings is 1. The van der Waals surface area contributed by atoms with E-state index in [1.165, 1.54) is 11.3 Å². The third-order valence-electron chi connectivity index (χ3n) is 2.88. The van der Waals surface area contributed by atoms with Gasteiger partial charge in [0.15, 0.2) is 5.69 Å². The minimum atomic E-state index is -0.997. The van der Waals surface area contributed by atoms with Crippen LogP contribution in [0.1, 0.15) is 21.1 Å². The highest BCUT2D eigenvalue weighted by Crippen LogP contribution is 2.14. The summed E-state index contributed by atoms with van der Waals surface area (Å²) in [7, 11) is 0.991. The van der Waals surface area contributed by atoms with Gasteiger partial charge in [0, 0.05) is 33.9 Å². The van der Waals surface area contributed by atoms with Crippen molar-refractivity contribution in [1.29, 1.82) is 0 Å². The number of aromatic carboxylic acids is 1. The van der Waals surface area contributed by atoms with Crippen molar-refractivity contribution < 1.29 is 14.1 Å². The van der Waals surface area contributed by atoms with E-state index in [9.17, 15) is 9.00 Å². The van der Waals surface area contributed by atoms with Gasteiger partial charge >= 0.3 is 5.97 Å². The number of hydrogen-bond acceptors (Lipinski definition) is 5. The highest BCUT2D eigenvalue weighted by Gasteiger charge is 2.10. The Kier molecular flexibility index (Phi) is 5.22. The van der Waals surface area contributed by atoms with E-state index < -0.39 is 16.8 Å². The third kappa shape index (κ3) is 4.45. The van der Waals surface area contributed by atoms with E-state index >= 15 is 0 Å². The molecule has 2 rings (SSSR count). The van der Waals surface area contributed by atoms with Gasteiger partial charge in [-0.25, -0.2) is 9.78 Å². The fourth-order valence-electron chi connectivity index (χ4n) is 1.87. The summed E-state index contributed by atoms with van der Waals surface area (Å²) in [4.78, 5) is 17.7. The quantitative estimate of drug-likeness (QED) is 0.882. The van der Waals surface area contributed by atoms with E-state index in [0.29, 0.717) is 6.54 Å². The fourth-order valence-corrected chi connectivity index (χ4v) is 3.23. The number of carboxylic acid groups (broad SMARTS) is 1. The van der Waals surface area contributed by atoms with Crippen molar-refractivity contribution in [2.75, 3.05) is 13.3 Å². The Hall–Kier alpha value is -1.57. The molecule has 0 bridgehead atoms. The van der Waals surface area contributed by atoms with E-state index in [1.54, 1.807) is 11.6 Å². The lowest BCUT2D eigenvalue weighted by Gasteiger charge is -2.15. The first kappa shape index (κ1) is 15.8. The molecule has 1 atom stereocenters. The van der Waals surface area contributed by atoms with Crippen LogP contribution in [0.5, 0.6) is 0 Å². The Morgan fingerprint density at radius 1 is 1.33 bits per heavy atom. The van der Waals surface area contributed by atoms with Crippen LogP contribution in [0, 0.1) is 0 Å². The summed E-state index contributed by atoms with van der Waals surface area (Å²) in [5, 5.41) is 11.2. The van der Waals surface area contributed by atoms with Crippen molar-refractivity contribution in [2.45, 2.75) is 18.0 Å². The second kappa shape index (κ2) is 6.93. The van der Waals surface area contributed by atoms with Crippen LogP contribution in [0.3, 0.4) is 0 Å². The van der Waals surface area contributed by atoms with E-state index in [2.05, 4.69) is 9.88 Å². The Bertz CT molecular complexity index is 652. The van der Waals surface area contributed by atoms with Crippen molar-refractivity contribution in [3.8, 4) is 0 Å². The molecule has 1 N–H and O–H groups in total. The topological polar surface area (TPSA) is 70.5 Å². The lowest BCUT2D eigenvalue weighted by atomic mass is 10.2. The van der Waals surface area contributed by atoms with E-state index in [0.717, 1.165) is 22.0 Å². The normalized spacial score (nSPS) is 12.5. The first-order valence-electron chi connectivity index (χ1n) is 6.24. The van der Waals surface area contributed by atoms with Crippen molar-refractivity contribution in [2.24, 2.45) is 0 Å². The Morgan fingerprint density at radius 2 is 2.00 bits per heavy atom. The van der Waals surface area contributed by atoms with Crippen LogP contribution in [0.25, 0.3) is 0 Å². The number of rotatable bonds is 6. The van der Waals surface area contributed by atoms with E-state index in [-0.39, 0.29) is 5.69 Å². The number of carboxylic acids is 1. The third-order valence-corrected chi connectivity index (χ3v) is 4.65. The van der Waals surface area contributed by atoms with Gasteiger partial charge in [0.2, 0.25) is 0 Å². The Balaban J connectivity index is 1.95. The van der Waals surface area contributed by atoms with Gasteiger partial charge in [0.1, 0.15) is 5.01 Å². The molecule has 1 heterocycles. The molecule has 7 heteroatoms. The molecule has 1 unspecified atom stereocenters. The Labute approximate surface area is 129 Å². The van der Waals surface area contributed by atoms with Crippen molar-refractivity contribution in [3.63, 3.8) is 0 Å². The molecule has 0 aliphatic carbocycles. The largest absolute Gasteiger partial charge is 0.476 e. The summed E-state index contributed by atoms with van der Waals surface area (Å²) in [6.07, 6.45) is 1.66. The van der Waals surface area contributed by atoms with Gasteiger partial charge in [0.25, 0.3) is 0 Å². The summed E-state index contributed by atoms with van der Waals surface area (Å²) in [5.74, 6) is -0.997. The monoisotopic (exact) mass is 324 g/mol. The molecule has 5 nitrogen and oxygen atoms in total. The van der Waals surface area contributed by atoms with Gasteiger partial charge in [-0.3, -0.25) is 9.11 Å². The van der Waals surface area contributed by atoms with Gasteiger partial charge in [0.05, 0.1) is 6.54 Å². The number of hydrogen-bond donors (Lipinski definition) is 1. The molecule has 112 valence electrons. The van der Waals surface area contributed by atoms with Gasteiger partial charge in [-0.05, 0) is 24.7 Å². The van der Waals surface area contributed by atoms with Crippen molar-refractivity contribution in [3.05, 3.63) is 45.9 Å². The number of nitrogens with zero attached hydrogens (tertiary/aromatic N) is 2. The minimum absolute atomic E-state index is 0.0955. The van der Waals surface area contributed by atoms with Crippen molar-refractivity contribution >= 4 is 28.1 Å². The molecule has 21 heavy (non-hydrogen) atoms. The summed E-state index contributed by atoms with van der Waals surface area (Å²) in [6, 6.07) is 7.64. The zero-order valence-corrected chi connectivity index (χ0v) is 13.4. The highest BCUT2D eigenvalue weighted by atomic mass is 32.2. The second-order valence-electron chi connectivity index (χ2n) is 4.70. The van der Waals surface area contributed by atoms with Crippen LogP contribution in [-0.2, 0) is 23.9 Å². The molecule has 0 saturated carbocycles. The molecule has 1 aromatic carbocycles. The number of benzene rings is 1. The molecule has 0 saturated heterocycles. The SMILES string of the molecule is CN(Cc1ccc(S(C)=O)cc1)Cc1nc(C(=O)O)cs1. The highest BCUT2D eigenvalue weighted by molar-refractivity contribution is 7.84. The van der Waals surface area contributed by atoms with Crippen LogP contribution in [0.4, 0.5) is 0 Å². The average Bonchev–Trinajstić information content (AvgIpc) is 2.87. The van der Waals surface area contributed by atoms with Crippen LogP contribution >= 0.6 is 11.3 Å². The lowest BCUT2D eigenvalue weighted by Crippen LogP contribution is -2.17. The van der Waals surface area contributed by atoms with Crippen LogP contribution in [0.15, 0.2) is 34.5 Å². The molecule has 0 fully saturated rings. The van der Waals surface area contributed by atoms with Gasteiger partial charge in [-0.2, -0.15) is 0 Å². The molecule has 0 aliphatic rings. The standard InChI is InChI=1S/C14H16N2O3S2/c1-16(8-13-15-12(9-20-13)14(17)18)7-10-3-5-11(6-4-10)21(2)19/h3-6,9H,7-8H2,1-2H3,(H,17,18). The van der Waals surface area contributed by atoms with Gasteiger partial charge in [-0.15, -0.1) is 11.3 Å². The molecule has 0 spiro atoms. The predicted octanol–water partition coefficient (Wildman–Crippen LogP) is 2.21. The first-order chi connectivity index (χ1) is 9.95. The van der Waals surface area contributed by atoms with E-state index in [4.69, 9.17) is 5.11 Å². The zero-order valence-electron chi connectivity index (χ0n) is 11.8. The zero-order chi connectivity index (χ0) is 15.4. The fraction of sp³-hybridized carbons (Fsp3) is 0.286. The van der Waals surface area contributed by atoms with E-state index in [1.807, 2.05) is 31.3 Å². The average molecular weight is 324 g/mol. The lowest BCUT2D eigenvalue weighted by molar-refractivity contribution is 0.0691. The maximum Gasteiger partial charge on any atom is 0.355 e. The minimum Gasteiger partial charge on any atom is -0.476 e. The summed E-state index contributed by atoms with van der Waals surface area (Å²) in [6.45, 7) is 1.32. The van der Waals surface area contributed by atoms with Gasteiger partial charge < -0.3 is 5.11 Å². The number of aromatic nitrogens is 1. The van der Waals surface area contributed by atoms with Crippen molar-refractivity contribution in [1.82, 2.24) is 9.88 Å². The summed E-state index contributed by atoms with van der Waals surface area (Å²) in [5.41, 5.74) is 1.21. The van der Waals surface area contributed by atoms with Gasteiger partial charge in [-0.1, -0.05) is 12.1 Å². The molecular formula is C14H16N2O3S2. The maximum absolute atomic E-state index is 11.3. The smallest absolute Gasteiger partial charge is 0.355 e. The second-order valence-corrected chi connectivity index (χ2v) is 7.02. The van der Waals surface area contributed by atoms with Crippen LogP contribution in [0.2, 0.25) is 0 Å². The summed E-state index contributed by atoms with van der Waals surface area (Å²) < 4.78 is 11.3. The molecule has 0 radical (unpaired) electrons. The Morgan fingerprint density at radius 3 is 2.52 bits per heavy atom. The molecule has 2 aromatic rings. The van der Waals surface area contributed by atoms with Crippen LogP contribution < -0.4 is 0 Å². The molecular weight excluding hydrogens is 308 g/mol. The molecule has 0 amide bonds. The first-order valence-corrected chi connectivity index (χ1v) is 8.68. The number of carbonyl (C=O) groups is 1. The maximum atomic E-state index is 11.3.